The van der Waals surface area contributed by atoms with Crippen molar-refractivity contribution in [2.24, 2.45) is 5.92 Å². The predicted molar refractivity (Wildman–Crippen MR) is 76.3 cm³/mol. The van der Waals surface area contributed by atoms with Crippen LogP contribution in [0, 0.1) is 12.8 Å². The molecular weight excluding hydrogens is 252 g/mol. The molecule has 2 aliphatic heterocycles. The molecule has 1 aromatic rings. The standard InChI is InChI=1S/C16H22N2O2/c1-11-4-5-17-9-13(11)10-18-14-2-3-15(18)7-12(6-14)8-16(19)20/h4-5,9,12,14-15H,2-3,6-8,10H2,1H3,(H,19,20). The van der Waals surface area contributed by atoms with Crippen LogP contribution in [0.4, 0.5) is 0 Å². The van der Waals surface area contributed by atoms with Crippen LogP contribution in [0.1, 0.15) is 43.2 Å². The van der Waals surface area contributed by atoms with Gasteiger partial charge in [-0.2, -0.15) is 0 Å². The number of aryl methyl sites for hydroxylation is 1. The van der Waals surface area contributed by atoms with Crippen LogP contribution >= 0.6 is 0 Å². The molecule has 3 heterocycles. The molecule has 1 N–H and O–H groups in total. The zero-order valence-corrected chi connectivity index (χ0v) is 12.0. The van der Waals surface area contributed by atoms with E-state index in [1.54, 1.807) is 0 Å². The quantitative estimate of drug-likeness (QED) is 0.917. The van der Waals surface area contributed by atoms with E-state index in [0.29, 0.717) is 24.4 Å². The van der Waals surface area contributed by atoms with Gasteiger partial charge in [-0.1, -0.05) is 0 Å². The largest absolute Gasteiger partial charge is 0.481 e. The van der Waals surface area contributed by atoms with Crippen LogP contribution in [0.2, 0.25) is 0 Å². The van der Waals surface area contributed by atoms with Gasteiger partial charge < -0.3 is 5.11 Å². The SMILES string of the molecule is Cc1ccncc1CN1C2CCC1CC(CC(=O)O)C2. The Bertz CT molecular complexity index is 489. The van der Waals surface area contributed by atoms with Crippen LogP contribution in [0.15, 0.2) is 18.5 Å². The van der Waals surface area contributed by atoms with E-state index in [-0.39, 0.29) is 0 Å². The number of rotatable bonds is 4. The van der Waals surface area contributed by atoms with Crippen molar-refractivity contribution in [3.05, 3.63) is 29.6 Å². The van der Waals surface area contributed by atoms with Crippen molar-refractivity contribution >= 4 is 5.97 Å². The zero-order chi connectivity index (χ0) is 14.1. The number of hydrogen-bond donors (Lipinski definition) is 1. The number of aromatic nitrogens is 1. The fourth-order valence-electron chi connectivity index (χ4n) is 3.92. The predicted octanol–water partition coefficient (Wildman–Crippen LogP) is 2.61. The topological polar surface area (TPSA) is 53.4 Å². The third-order valence-corrected chi connectivity index (χ3v) is 4.95. The van der Waals surface area contributed by atoms with Crippen LogP contribution in [0.25, 0.3) is 0 Å². The van der Waals surface area contributed by atoms with E-state index in [4.69, 9.17) is 5.11 Å². The summed E-state index contributed by atoms with van der Waals surface area (Å²) in [6, 6.07) is 3.20. The summed E-state index contributed by atoms with van der Waals surface area (Å²) in [4.78, 5) is 17.7. The van der Waals surface area contributed by atoms with Crippen molar-refractivity contribution in [2.45, 2.75) is 57.7 Å². The second-order valence-corrected chi connectivity index (χ2v) is 6.29. The summed E-state index contributed by atoms with van der Waals surface area (Å²) in [5.74, 6) is -0.276. The molecule has 0 saturated carbocycles. The van der Waals surface area contributed by atoms with E-state index in [9.17, 15) is 4.79 Å². The number of nitrogens with zero attached hydrogens (tertiary/aromatic N) is 2. The molecule has 2 bridgehead atoms. The molecule has 1 aromatic heterocycles. The lowest BCUT2D eigenvalue weighted by Gasteiger charge is -2.38. The minimum absolute atomic E-state index is 0.340. The number of fused-ring (bicyclic) bond motifs is 2. The van der Waals surface area contributed by atoms with Crippen LogP contribution in [0.5, 0.6) is 0 Å². The first-order valence-corrected chi connectivity index (χ1v) is 7.50. The van der Waals surface area contributed by atoms with E-state index < -0.39 is 5.97 Å². The molecule has 0 radical (unpaired) electrons. The average molecular weight is 274 g/mol. The lowest BCUT2D eigenvalue weighted by Crippen LogP contribution is -2.42. The zero-order valence-electron chi connectivity index (χ0n) is 12.0. The van der Waals surface area contributed by atoms with Crippen molar-refractivity contribution in [3.63, 3.8) is 0 Å². The Balaban J connectivity index is 1.68. The molecule has 0 spiro atoms. The van der Waals surface area contributed by atoms with E-state index in [0.717, 1.165) is 19.4 Å². The molecule has 108 valence electrons. The molecule has 2 aliphatic rings. The molecule has 4 heteroatoms. The van der Waals surface area contributed by atoms with Gasteiger partial charge in [0.25, 0.3) is 0 Å². The molecule has 2 unspecified atom stereocenters. The molecule has 0 aromatic carbocycles. The summed E-state index contributed by atoms with van der Waals surface area (Å²) >= 11 is 0. The number of pyridine rings is 1. The molecule has 0 amide bonds. The average Bonchev–Trinajstić information content (AvgIpc) is 2.63. The first-order chi connectivity index (χ1) is 9.63. The maximum atomic E-state index is 10.9. The number of aliphatic carboxylic acids is 1. The second-order valence-electron chi connectivity index (χ2n) is 6.29. The lowest BCUT2D eigenvalue weighted by atomic mass is 9.88. The summed E-state index contributed by atoms with van der Waals surface area (Å²) < 4.78 is 0. The minimum Gasteiger partial charge on any atom is -0.481 e. The molecule has 2 atom stereocenters. The minimum atomic E-state index is -0.647. The molecule has 0 aliphatic carbocycles. The van der Waals surface area contributed by atoms with Crippen LogP contribution in [-0.4, -0.2) is 33.0 Å². The number of carboxylic acid groups (broad SMARTS) is 1. The van der Waals surface area contributed by atoms with Crippen molar-refractivity contribution in [1.82, 2.24) is 9.88 Å². The third kappa shape index (κ3) is 2.70. The normalized spacial score (nSPS) is 29.6. The van der Waals surface area contributed by atoms with Gasteiger partial charge in [0.2, 0.25) is 0 Å². The highest BCUT2D eigenvalue weighted by Crippen LogP contribution is 2.40. The second kappa shape index (κ2) is 5.52. The van der Waals surface area contributed by atoms with Gasteiger partial charge in [0, 0.05) is 37.4 Å². The highest BCUT2D eigenvalue weighted by atomic mass is 16.4. The summed E-state index contributed by atoms with van der Waals surface area (Å²) in [5, 5.41) is 8.97. The van der Waals surface area contributed by atoms with Gasteiger partial charge in [-0.05, 0) is 55.7 Å². The molecular formula is C16H22N2O2. The van der Waals surface area contributed by atoms with Gasteiger partial charge in [-0.15, -0.1) is 0 Å². The van der Waals surface area contributed by atoms with Crippen LogP contribution in [0.3, 0.4) is 0 Å². The number of carboxylic acids is 1. The van der Waals surface area contributed by atoms with Crippen molar-refractivity contribution in [3.8, 4) is 0 Å². The van der Waals surface area contributed by atoms with Gasteiger partial charge in [0.15, 0.2) is 0 Å². The van der Waals surface area contributed by atoms with Gasteiger partial charge in [-0.25, -0.2) is 0 Å². The monoisotopic (exact) mass is 274 g/mol. The molecule has 3 rings (SSSR count). The van der Waals surface area contributed by atoms with Crippen molar-refractivity contribution in [2.75, 3.05) is 0 Å². The molecule has 20 heavy (non-hydrogen) atoms. The Hall–Kier alpha value is -1.42. The summed E-state index contributed by atoms with van der Waals surface area (Å²) in [6.45, 7) is 3.10. The lowest BCUT2D eigenvalue weighted by molar-refractivity contribution is -0.138. The number of carbonyl (C=O) groups is 1. The smallest absolute Gasteiger partial charge is 0.303 e. The third-order valence-electron chi connectivity index (χ3n) is 4.95. The summed E-state index contributed by atoms with van der Waals surface area (Å²) in [7, 11) is 0. The first kappa shape index (κ1) is 13.6. The van der Waals surface area contributed by atoms with Gasteiger partial charge in [0.1, 0.15) is 0 Å². The maximum Gasteiger partial charge on any atom is 0.303 e. The van der Waals surface area contributed by atoms with Crippen molar-refractivity contribution < 1.29 is 9.90 Å². The summed E-state index contributed by atoms with van der Waals surface area (Å²) in [6.07, 6.45) is 8.68. The number of hydrogen-bond acceptors (Lipinski definition) is 3. The van der Waals surface area contributed by atoms with Gasteiger partial charge >= 0.3 is 5.97 Å². The Labute approximate surface area is 119 Å². The van der Waals surface area contributed by atoms with Gasteiger partial charge in [0.05, 0.1) is 0 Å². The van der Waals surface area contributed by atoms with E-state index in [1.807, 2.05) is 12.4 Å². The molecule has 2 saturated heterocycles. The Morgan fingerprint density at radius 1 is 1.40 bits per heavy atom. The van der Waals surface area contributed by atoms with Crippen LogP contribution in [-0.2, 0) is 11.3 Å². The summed E-state index contributed by atoms with van der Waals surface area (Å²) in [5.41, 5.74) is 2.60. The van der Waals surface area contributed by atoms with Crippen LogP contribution < -0.4 is 0 Å². The van der Waals surface area contributed by atoms with E-state index in [2.05, 4.69) is 22.9 Å². The highest BCUT2D eigenvalue weighted by molar-refractivity contribution is 5.67. The fourth-order valence-corrected chi connectivity index (χ4v) is 3.92. The van der Waals surface area contributed by atoms with E-state index in [1.165, 1.54) is 24.0 Å². The van der Waals surface area contributed by atoms with Crippen molar-refractivity contribution in [1.29, 1.82) is 0 Å². The van der Waals surface area contributed by atoms with E-state index >= 15 is 0 Å². The Kier molecular flexibility index (Phi) is 3.74. The number of piperidine rings is 1. The molecule has 2 fully saturated rings. The fraction of sp³-hybridized carbons (Fsp3) is 0.625. The molecule has 4 nitrogen and oxygen atoms in total. The Morgan fingerprint density at radius 2 is 2.10 bits per heavy atom. The highest BCUT2D eigenvalue weighted by Gasteiger charge is 2.40. The Morgan fingerprint density at radius 3 is 2.70 bits per heavy atom. The first-order valence-electron chi connectivity index (χ1n) is 7.50. The van der Waals surface area contributed by atoms with Gasteiger partial charge in [-0.3, -0.25) is 14.7 Å². The maximum absolute atomic E-state index is 10.9.